The zero-order chi connectivity index (χ0) is 20.9. The molecule has 0 radical (unpaired) electrons. The summed E-state index contributed by atoms with van der Waals surface area (Å²) in [4.78, 5) is 27.7. The number of aryl methyl sites for hydroxylation is 1. The Bertz CT molecular complexity index is 1190. The molecule has 1 aromatic carbocycles. The summed E-state index contributed by atoms with van der Waals surface area (Å²) in [5, 5.41) is 7.87. The minimum atomic E-state index is -0.170. The number of hydrogen-bond acceptors (Lipinski definition) is 7. The number of benzene rings is 1. The van der Waals surface area contributed by atoms with Crippen LogP contribution >= 0.6 is 11.6 Å². The Kier molecular flexibility index (Phi) is 5.85. The van der Waals surface area contributed by atoms with Gasteiger partial charge in [0.1, 0.15) is 11.6 Å². The van der Waals surface area contributed by atoms with E-state index in [2.05, 4.69) is 30.4 Å². The van der Waals surface area contributed by atoms with Crippen molar-refractivity contribution in [2.75, 3.05) is 11.9 Å². The van der Waals surface area contributed by atoms with Gasteiger partial charge in [0.05, 0.1) is 0 Å². The highest BCUT2D eigenvalue weighted by Gasteiger charge is 2.09. The molecule has 30 heavy (non-hydrogen) atoms. The van der Waals surface area contributed by atoms with E-state index >= 15 is 0 Å². The van der Waals surface area contributed by atoms with Crippen molar-refractivity contribution in [1.29, 1.82) is 0 Å². The van der Waals surface area contributed by atoms with Crippen molar-refractivity contribution in [3.63, 3.8) is 0 Å². The molecule has 0 aliphatic rings. The molecular formula is C21H19ClN6O2. The number of hydrogen-bond donors (Lipinski definition) is 2. The summed E-state index contributed by atoms with van der Waals surface area (Å²) < 4.78 is 5.30. The molecule has 0 saturated carbocycles. The lowest BCUT2D eigenvalue weighted by molar-refractivity contribution is 0.381. The van der Waals surface area contributed by atoms with E-state index in [1.807, 2.05) is 31.2 Å². The van der Waals surface area contributed by atoms with Crippen LogP contribution in [0.15, 0.2) is 58.0 Å². The van der Waals surface area contributed by atoms with Crippen LogP contribution in [0.5, 0.6) is 0 Å². The van der Waals surface area contributed by atoms with E-state index in [0.717, 1.165) is 16.8 Å². The molecule has 152 valence electrons. The Labute approximate surface area is 177 Å². The first-order valence-corrected chi connectivity index (χ1v) is 9.87. The second kappa shape index (κ2) is 8.87. The standard InChI is InChI=1S/C21H19ClN6O2/c1-2-16-11-18(29)26-20(25-16)14-5-8-17(24-12-14)23-10-9-19-27-21(28-30-19)13-3-6-15(22)7-4-13/h3-8,11-12H,2,9-10H2,1H3,(H,23,24)(H,25,26,29). The van der Waals surface area contributed by atoms with Gasteiger partial charge in [-0.2, -0.15) is 4.98 Å². The third-order valence-electron chi connectivity index (χ3n) is 4.41. The van der Waals surface area contributed by atoms with Crippen molar-refractivity contribution in [3.05, 3.63) is 75.6 Å². The quantitative estimate of drug-likeness (QED) is 0.466. The normalized spacial score (nSPS) is 10.9. The Morgan fingerprint density at radius 1 is 1.10 bits per heavy atom. The summed E-state index contributed by atoms with van der Waals surface area (Å²) in [5.74, 6) is 2.27. The maximum Gasteiger partial charge on any atom is 0.251 e. The van der Waals surface area contributed by atoms with Crippen molar-refractivity contribution in [3.8, 4) is 22.8 Å². The van der Waals surface area contributed by atoms with E-state index in [4.69, 9.17) is 16.1 Å². The molecule has 0 aliphatic heterocycles. The van der Waals surface area contributed by atoms with Gasteiger partial charge < -0.3 is 14.8 Å². The number of halogens is 1. The molecule has 0 spiro atoms. The van der Waals surface area contributed by atoms with Crippen LogP contribution in [0.1, 0.15) is 18.5 Å². The summed E-state index contributed by atoms with van der Waals surface area (Å²) in [6.45, 7) is 2.54. The van der Waals surface area contributed by atoms with Crippen LogP contribution in [0.3, 0.4) is 0 Å². The molecular weight excluding hydrogens is 404 g/mol. The molecule has 0 aliphatic carbocycles. The Morgan fingerprint density at radius 3 is 2.63 bits per heavy atom. The number of pyridine rings is 1. The summed E-state index contributed by atoms with van der Waals surface area (Å²) in [6, 6.07) is 12.5. The highest BCUT2D eigenvalue weighted by molar-refractivity contribution is 6.30. The van der Waals surface area contributed by atoms with Gasteiger partial charge in [0.25, 0.3) is 5.56 Å². The minimum Gasteiger partial charge on any atom is -0.370 e. The fourth-order valence-corrected chi connectivity index (χ4v) is 2.96. The number of anilines is 1. The fraction of sp³-hybridized carbons (Fsp3) is 0.190. The Morgan fingerprint density at radius 2 is 1.90 bits per heavy atom. The van der Waals surface area contributed by atoms with Crippen LogP contribution in [0.25, 0.3) is 22.8 Å². The molecule has 3 heterocycles. The lowest BCUT2D eigenvalue weighted by Crippen LogP contribution is -2.10. The van der Waals surface area contributed by atoms with Crippen molar-refractivity contribution in [2.45, 2.75) is 19.8 Å². The van der Waals surface area contributed by atoms with Gasteiger partial charge in [-0.3, -0.25) is 4.79 Å². The molecule has 0 bridgehead atoms. The monoisotopic (exact) mass is 422 g/mol. The van der Waals surface area contributed by atoms with E-state index in [1.165, 1.54) is 6.07 Å². The molecule has 8 nitrogen and oxygen atoms in total. The van der Waals surface area contributed by atoms with Crippen LogP contribution in [-0.2, 0) is 12.8 Å². The fourth-order valence-electron chi connectivity index (χ4n) is 2.83. The lowest BCUT2D eigenvalue weighted by Gasteiger charge is -2.06. The molecule has 3 aromatic heterocycles. The van der Waals surface area contributed by atoms with Gasteiger partial charge in [0.15, 0.2) is 0 Å². The average molecular weight is 423 g/mol. The van der Waals surface area contributed by atoms with Gasteiger partial charge in [0, 0.05) is 47.1 Å². The van der Waals surface area contributed by atoms with Crippen molar-refractivity contribution < 1.29 is 4.52 Å². The maximum absolute atomic E-state index is 11.7. The van der Waals surface area contributed by atoms with Gasteiger partial charge in [-0.1, -0.05) is 23.7 Å². The first kappa shape index (κ1) is 19.8. The second-order valence-electron chi connectivity index (χ2n) is 6.57. The molecule has 4 rings (SSSR count). The molecule has 0 atom stereocenters. The SMILES string of the molecule is CCc1cc(=O)[nH]c(-c2ccc(NCCc3nc(-c4ccc(Cl)cc4)no3)nc2)n1. The van der Waals surface area contributed by atoms with Crippen LogP contribution in [0, 0.1) is 0 Å². The van der Waals surface area contributed by atoms with E-state index < -0.39 is 0 Å². The zero-order valence-electron chi connectivity index (χ0n) is 16.2. The first-order chi connectivity index (χ1) is 14.6. The Hall–Kier alpha value is -3.52. The number of rotatable bonds is 7. The summed E-state index contributed by atoms with van der Waals surface area (Å²) in [5.41, 5.74) is 2.17. The largest absolute Gasteiger partial charge is 0.370 e. The van der Waals surface area contributed by atoms with Gasteiger partial charge >= 0.3 is 0 Å². The van der Waals surface area contributed by atoms with Crippen LogP contribution in [0.2, 0.25) is 5.02 Å². The predicted octanol–water partition coefficient (Wildman–Crippen LogP) is 3.75. The average Bonchev–Trinajstić information content (AvgIpc) is 3.23. The zero-order valence-corrected chi connectivity index (χ0v) is 17.0. The third-order valence-corrected chi connectivity index (χ3v) is 4.66. The maximum atomic E-state index is 11.7. The molecule has 9 heteroatoms. The van der Waals surface area contributed by atoms with E-state index in [-0.39, 0.29) is 5.56 Å². The summed E-state index contributed by atoms with van der Waals surface area (Å²) in [7, 11) is 0. The topological polar surface area (TPSA) is 110 Å². The predicted molar refractivity (Wildman–Crippen MR) is 114 cm³/mol. The van der Waals surface area contributed by atoms with Crippen LogP contribution in [0.4, 0.5) is 5.82 Å². The molecule has 0 amide bonds. The van der Waals surface area contributed by atoms with Gasteiger partial charge in [-0.25, -0.2) is 9.97 Å². The summed E-state index contributed by atoms with van der Waals surface area (Å²) >= 11 is 5.90. The lowest BCUT2D eigenvalue weighted by atomic mass is 10.2. The smallest absolute Gasteiger partial charge is 0.251 e. The number of aromatic amines is 1. The van der Waals surface area contributed by atoms with Crippen molar-refractivity contribution >= 4 is 17.4 Å². The van der Waals surface area contributed by atoms with Crippen molar-refractivity contribution in [1.82, 2.24) is 25.1 Å². The number of H-pyrrole nitrogens is 1. The highest BCUT2D eigenvalue weighted by atomic mass is 35.5. The van der Waals surface area contributed by atoms with Crippen LogP contribution in [-0.4, -0.2) is 31.6 Å². The molecule has 0 fully saturated rings. The molecule has 0 saturated heterocycles. The number of aromatic nitrogens is 5. The van der Waals surface area contributed by atoms with Gasteiger partial charge in [0.2, 0.25) is 11.7 Å². The Balaban J connectivity index is 1.35. The first-order valence-electron chi connectivity index (χ1n) is 9.50. The third kappa shape index (κ3) is 4.72. The summed E-state index contributed by atoms with van der Waals surface area (Å²) in [6.07, 6.45) is 2.92. The van der Waals surface area contributed by atoms with Crippen molar-refractivity contribution in [2.24, 2.45) is 0 Å². The van der Waals surface area contributed by atoms with Gasteiger partial charge in [-0.15, -0.1) is 0 Å². The number of nitrogens with one attached hydrogen (secondary N) is 2. The van der Waals surface area contributed by atoms with E-state index in [1.54, 1.807) is 18.3 Å². The van der Waals surface area contributed by atoms with Crippen LogP contribution < -0.4 is 10.9 Å². The highest BCUT2D eigenvalue weighted by Crippen LogP contribution is 2.19. The molecule has 0 unspecified atom stereocenters. The molecule has 2 N–H and O–H groups in total. The van der Waals surface area contributed by atoms with E-state index in [0.29, 0.717) is 47.8 Å². The minimum absolute atomic E-state index is 0.170. The molecule has 4 aromatic rings. The van der Waals surface area contributed by atoms with Gasteiger partial charge in [-0.05, 0) is 42.8 Å². The second-order valence-corrected chi connectivity index (χ2v) is 7.00. The van der Waals surface area contributed by atoms with E-state index in [9.17, 15) is 4.79 Å². The number of nitrogens with zero attached hydrogens (tertiary/aromatic N) is 4.